The Kier molecular flexibility index (Phi) is 2.90. The number of fused-ring (bicyclic) bond motifs is 1. The maximum atomic E-state index is 13.8. The van der Waals surface area contributed by atoms with Crippen molar-refractivity contribution in [3.8, 4) is 0 Å². The van der Waals surface area contributed by atoms with Crippen LogP contribution in [0.1, 0.15) is 23.5 Å². The first kappa shape index (κ1) is 14.1. The summed E-state index contributed by atoms with van der Waals surface area (Å²) in [5.74, 6) is -4.95. The molecule has 1 aliphatic carbocycles. The summed E-state index contributed by atoms with van der Waals surface area (Å²) in [4.78, 5) is 11.2. The van der Waals surface area contributed by atoms with Crippen LogP contribution in [0.3, 0.4) is 0 Å². The number of carbonyl (C=O) groups is 1. The van der Waals surface area contributed by atoms with Gasteiger partial charge in [0.2, 0.25) is 0 Å². The molecule has 1 saturated carbocycles. The molecular formula is C14H12F3NO3. The van der Waals surface area contributed by atoms with E-state index in [1.54, 1.807) is 0 Å². The molecule has 3 rings (SSSR count). The van der Waals surface area contributed by atoms with Crippen molar-refractivity contribution in [2.45, 2.75) is 31.5 Å². The number of carboxylic acid groups (broad SMARTS) is 1. The van der Waals surface area contributed by atoms with Crippen LogP contribution in [-0.4, -0.2) is 23.3 Å². The lowest BCUT2D eigenvalue weighted by molar-refractivity contribution is -0.137. The predicted molar refractivity (Wildman–Crippen MR) is 69.1 cm³/mol. The molecular weight excluding hydrogens is 287 g/mol. The van der Waals surface area contributed by atoms with E-state index < -0.39 is 40.4 Å². The Morgan fingerprint density at radius 2 is 2.10 bits per heavy atom. The van der Waals surface area contributed by atoms with Crippen LogP contribution in [-0.2, 0) is 4.79 Å². The van der Waals surface area contributed by atoms with Gasteiger partial charge in [0.05, 0.1) is 6.20 Å². The highest BCUT2D eigenvalue weighted by atomic mass is 19.2. The summed E-state index contributed by atoms with van der Waals surface area (Å²) in [5, 5.41) is 22.1. The summed E-state index contributed by atoms with van der Waals surface area (Å²) in [6.45, 7) is 1.20. The summed E-state index contributed by atoms with van der Waals surface area (Å²) in [6.07, 6.45) is 0.826. The smallest absolute Gasteiger partial charge is 0.315 e. The van der Waals surface area contributed by atoms with E-state index in [1.165, 1.54) is 6.92 Å². The average Bonchev–Trinajstić information content (AvgIpc) is 3.13. The fraction of sp³-hybridized carbons (Fsp3) is 0.357. The number of hydroxylamine groups is 2. The highest BCUT2D eigenvalue weighted by Crippen LogP contribution is 2.49. The Bertz CT molecular complexity index is 676. The Morgan fingerprint density at radius 1 is 1.48 bits per heavy atom. The van der Waals surface area contributed by atoms with Crippen molar-refractivity contribution in [3.05, 3.63) is 46.3 Å². The molecule has 0 aromatic heterocycles. The number of benzene rings is 1. The van der Waals surface area contributed by atoms with Crippen LogP contribution in [0.25, 0.3) is 0 Å². The van der Waals surface area contributed by atoms with Crippen LogP contribution >= 0.6 is 0 Å². The Balaban J connectivity index is 2.27. The number of quaternary nitrogens is 1. The van der Waals surface area contributed by atoms with Gasteiger partial charge in [0.15, 0.2) is 17.8 Å². The molecule has 2 aliphatic rings. The van der Waals surface area contributed by atoms with Crippen molar-refractivity contribution < 1.29 is 23.1 Å². The van der Waals surface area contributed by atoms with Crippen molar-refractivity contribution >= 4 is 11.7 Å². The Labute approximate surface area is 118 Å². The Hall–Kier alpha value is -1.86. The molecule has 21 heavy (non-hydrogen) atoms. The zero-order valence-electron chi connectivity index (χ0n) is 11.0. The number of halogens is 3. The maximum Gasteiger partial charge on any atom is 0.315 e. The molecule has 4 atom stereocenters. The first-order chi connectivity index (χ1) is 9.77. The van der Waals surface area contributed by atoms with Gasteiger partial charge in [0.25, 0.3) is 0 Å². The van der Waals surface area contributed by atoms with Gasteiger partial charge in [-0.1, -0.05) is 0 Å². The molecule has 112 valence electrons. The molecule has 4 nitrogen and oxygen atoms in total. The third kappa shape index (κ3) is 1.88. The zero-order chi connectivity index (χ0) is 15.5. The number of rotatable bonds is 2. The quantitative estimate of drug-likeness (QED) is 0.674. The molecule has 1 fully saturated rings. The topological polar surface area (TPSA) is 60.4 Å². The van der Waals surface area contributed by atoms with Crippen LogP contribution in [0.2, 0.25) is 0 Å². The largest absolute Gasteiger partial charge is 0.622 e. The lowest BCUT2D eigenvalue weighted by Gasteiger charge is -2.43. The molecule has 0 bridgehead atoms. The third-order valence-electron chi connectivity index (χ3n) is 4.07. The monoisotopic (exact) mass is 299 g/mol. The van der Waals surface area contributed by atoms with E-state index in [0.29, 0.717) is 0 Å². The number of hydrogen-bond acceptors (Lipinski definition) is 2. The highest BCUT2D eigenvalue weighted by Gasteiger charge is 2.54. The van der Waals surface area contributed by atoms with Crippen LogP contribution in [0.5, 0.6) is 0 Å². The summed E-state index contributed by atoms with van der Waals surface area (Å²) < 4.78 is 39.4. The minimum absolute atomic E-state index is 0.0173. The fourth-order valence-electron chi connectivity index (χ4n) is 2.90. The van der Waals surface area contributed by atoms with Gasteiger partial charge in [0.1, 0.15) is 17.6 Å². The van der Waals surface area contributed by atoms with Gasteiger partial charge >= 0.3 is 5.97 Å². The fourth-order valence-corrected chi connectivity index (χ4v) is 2.90. The molecule has 7 heteroatoms. The number of nitrogens with zero attached hydrogens (tertiary/aromatic N) is 1. The van der Waals surface area contributed by atoms with Crippen LogP contribution in [0, 0.1) is 23.8 Å². The van der Waals surface area contributed by atoms with Gasteiger partial charge in [-0.15, -0.1) is 0 Å². The second-order valence-electron chi connectivity index (χ2n) is 5.42. The van der Waals surface area contributed by atoms with E-state index in [0.717, 1.165) is 18.3 Å². The molecule has 1 N–H and O–H groups in total. The van der Waals surface area contributed by atoms with E-state index in [4.69, 9.17) is 5.11 Å². The highest BCUT2D eigenvalue weighted by molar-refractivity contribution is 5.83. The van der Waals surface area contributed by atoms with E-state index in [-0.39, 0.29) is 23.2 Å². The van der Waals surface area contributed by atoms with Crippen molar-refractivity contribution in [2.24, 2.45) is 0 Å². The van der Waals surface area contributed by atoms with Gasteiger partial charge < -0.3 is 10.3 Å². The summed E-state index contributed by atoms with van der Waals surface area (Å²) in [7, 11) is 0. The zero-order valence-corrected chi connectivity index (χ0v) is 11.0. The van der Waals surface area contributed by atoms with Gasteiger partial charge in [-0.25, -0.2) is 13.2 Å². The van der Waals surface area contributed by atoms with E-state index >= 15 is 0 Å². The van der Waals surface area contributed by atoms with Gasteiger partial charge in [-0.3, -0.25) is 9.44 Å². The van der Waals surface area contributed by atoms with Gasteiger partial charge in [-0.2, -0.15) is 0 Å². The summed E-state index contributed by atoms with van der Waals surface area (Å²) >= 11 is 0. The van der Waals surface area contributed by atoms with Crippen molar-refractivity contribution in [1.82, 2.24) is 4.65 Å². The number of aliphatic carboxylic acids is 1. The lowest BCUT2D eigenvalue weighted by atomic mass is 9.91. The number of alkyl halides is 1. The van der Waals surface area contributed by atoms with Crippen molar-refractivity contribution in [1.29, 1.82) is 0 Å². The van der Waals surface area contributed by atoms with Crippen molar-refractivity contribution in [3.63, 3.8) is 0 Å². The minimum atomic E-state index is -1.33. The first-order valence-electron chi connectivity index (χ1n) is 6.42. The third-order valence-corrected chi connectivity index (χ3v) is 4.07. The predicted octanol–water partition coefficient (Wildman–Crippen LogP) is 2.88. The molecule has 1 aliphatic heterocycles. The van der Waals surface area contributed by atoms with Crippen LogP contribution < -0.4 is 4.65 Å². The summed E-state index contributed by atoms with van der Waals surface area (Å²) in [5.41, 5.74) is -0.584. The SMILES string of the molecule is Cc1c(F)c(F)cc2c1[N+]([O-])(C1CC1F)C=CC2C(=O)O. The molecule has 4 unspecified atom stereocenters. The second-order valence-corrected chi connectivity index (χ2v) is 5.42. The normalized spacial score (nSPS) is 33.7. The molecule has 0 amide bonds. The van der Waals surface area contributed by atoms with Crippen LogP contribution in [0.4, 0.5) is 18.9 Å². The van der Waals surface area contributed by atoms with Crippen LogP contribution in [0.15, 0.2) is 18.3 Å². The van der Waals surface area contributed by atoms with E-state index in [1.807, 2.05) is 0 Å². The lowest BCUT2D eigenvalue weighted by Crippen LogP contribution is -2.45. The number of hydrogen-bond donors (Lipinski definition) is 1. The van der Waals surface area contributed by atoms with E-state index in [9.17, 15) is 23.2 Å². The Morgan fingerprint density at radius 3 is 2.62 bits per heavy atom. The molecule has 1 aromatic carbocycles. The van der Waals surface area contributed by atoms with Crippen molar-refractivity contribution in [2.75, 3.05) is 0 Å². The minimum Gasteiger partial charge on any atom is -0.622 e. The van der Waals surface area contributed by atoms with Gasteiger partial charge in [-0.05, 0) is 19.1 Å². The molecule has 1 heterocycles. The van der Waals surface area contributed by atoms with E-state index in [2.05, 4.69) is 0 Å². The standard InChI is InChI=1S/C14H12F3NO3/c1-6-12(17)10(16)4-8-7(14(19)20)2-3-18(21,13(6)8)11-5-9(11)15/h2-4,7,9,11H,5H2,1H3,(H,19,20). The first-order valence-corrected chi connectivity index (χ1v) is 6.42. The molecule has 0 saturated heterocycles. The number of carboxylic acids is 1. The molecule has 0 radical (unpaired) electrons. The average molecular weight is 299 g/mol. The summed E-state index contributed by atoms with van der Waals surface area (Å²) in [6, 6.07) is -0.209. The molecule has 1 aromatic rings. The maximum absolute atomic E-state index is 13.8. The molecule has 0 spiro atoms. The van der Waals surface area contributed by atoms with Gasteiger partial charge in [0, 0.05) is 17.5 Å². The second kappa shape index (κ2) is 4.32.